The number of rotatable bonds is 6. The van der Waals surface area contributed by atoms with E-state index in [0.29, 0.717) is 44.6 Å². The van der Waals surface area contributed by atoms with Gasteiger partial charge < -0.3 is 21.3 Å². The summed E-state index contributed by atoms with van der Waals surface area (Å²) >= 11 is 23.6. The zero-order chi connectivity index (χ0) is 23.1. The van der Waals surface area contributed by atoms with Gasteiger partial charge in [0.05, 0.1) is 20.1 Å². The van der Waals surface area contributed by atoms with Crippen molar-refractivity contribution in [1.29, 1.82) is 0 Å². The largest absolute Gasteiger partial charge is 0.334 e. The van der Waals surface area contributed by atoms with E-state index in [-0.39, 0.29) is 12.1 Å². The van der Waals surface area contributed by atoms with Crippen molar-refractivity contribution in [3.8, 4) is 0 Å². The number of nitrogens with one attached hydrogen (secondary N) is 4. The van der Waals surface area contributed by atoms with Gasteiger partial charge in [0, 0.05) is 24.5 Å². The van der Waals surface area contributed by atoms with Gasteiger partial charge in [-0.1, -0.05) is 70.7 Å². The average Bonchev–Trinajstić information content (AvgIpc) is 2.77. The van der Waals surface area contributed by atoms with Crippen LogP contribution < -0.4 is 21.3 Å². The SMILES string of the molecule is O=C(NCc1ccc(CNC(=O)Nc2ccc(Cl)c(Cl)c2)cc1)Nc1ccc(Cl)c(Cl)c1. The third-order valence-electron chi connectivity index (χ3n) is 4.28. The van der Waals surface area contributed by atoms with Gasteiger partial charge in [-0.3, -0.25) is 0 Å². The molecule has 4 N–H and O–H groups in total. The second kappa shape index (κ2) is 11.3. The molecule has 3 aromatic carbocycles. The molecule has 0 aliphatic rings. The molecule has 6 nitrogen and oxygen atoms in total. The molecule has 0 saturated heterocycles. The third-order valence-corrected chi connectivity index (χ3v) is 5.76. The smallest absolute Gasteiger partial charge is 0.319 e. The summed E-state index contributed by atoms with van der Waals surface area (Å²) in [5.74, 6) is 0. The average molecular weight is 512 g/mol. The Morgan fingerprint density at radius 1 is 0.562 bits per heavy atom. The summed E-state index contributed by atoms with van der Waals surface area (Å²) in [6.45, 7) is 0.664. The van der Waals surface area contributed by atoms with E-state index in [0.717, 1.165) is 11.1 Å². The lowest BCUT2D eigenvalue weighted by Crippen LogP contribution is -2.28. The number of anilines is 2. The van der Waals surface area contributed by atoms with Crippen molar-refractivity contribution >= 4 is 69.8 Å². The van der Waals surface area contributed by atoms with Crippen molar-refractivity contribution in [3.63, 3.8) is 0 Å². The predicted molar refractivity (Wildman–Crippen MR) is 131 cm³/mol. The Kier molecular flexibility index (Phi) is 8.47. The molecule has 0 aromatic heterocycles. The Balaban J connectivity index is 1.43. The molecule has 0 saturated carbocycles. The molecule has 4 amide bonds. The standard InChI is InChI=1S/C22H18Cl4N4O2/c23-17-7-5-15(9-19(17)25)29-21(31)27-11-13-1-2-14(4-3-13)12-28-22(32)30-16-6-8-18(24)20(26)10-16/h1-10H,11-12H2,(H2,27,29,31)(H2,28,30,32). The zero-order valence-electron chi connectivity index (χ0n) is 16.5. The number of amides is 4. The molecule has 0 heterocycles. The van der Waals surface area contributed by atoms with Crippen molar-refractivity contribution < 1.29 is 9.59 Å². The molecular weight excluding hydrogens is 494 g/mol. The van der Waals surface area contributed by atoms with Crippen LogP contribution in [0.15, 0.2) is 60.7 Å². The lowest BCUT2D eigenvalue weighted by molar-refractivity contribution is 0.251. The fraction of sp³-hybridized carbons (Fsp3) is 0.0909. The van der Waals surface area contributed by atoms with E-state index in [1.54, 1.807) is 36.4 Å². The molecule has 0 atom stereocenters. The Hall–Kier alpha value is -2.64. The molecule has 3 aromatic rings. The monoisotopic (exact) mass is 510 g/mol. The lowest BCUT2D eigenvalue weighted by Gasteiger charge is -2.10. The van der Waals surface area contributed by atoms with E-state index in [1.165, 1.54) is 0 Å². The topological polar surface area (TPSA) is 82.3 Å². The number of carbonyl (C=O) groups excluding carboxylic acids is 2. The molecule has 0 radical (unpaired) electrons. The summed E-state index contributed by atoms with van der Waals surface area (Å²) in [5, 5.41) is 12.4. The van der Waals surface area contributed by atoms with Crippen molar-refractivity contribution in [2.24, 2.45) is 0 Å². The van der Waals surface area contributed by atoms with Crippen LogP contribution in [0, 0.1) is 0 Å². The van der Waals surface area contributed by atoms with Gasteiger partial charge in [-0.2, -0.15) is 0 Å². The molecular formula is C22H18Cl4N4O2. The number of carbonyl (C=O) groups is 2. The summed E-state index contributed by atoms with van der Waals surface area (Å²) in [6, 6.07) is 16.4. The number of halogens is 4. The highest BCUT2D eigenvalue weighted by Gasteiger charge is 2.06. The van der Waals surface area contributed by atoms with Crippen molar-refractivity contribution in [2.45, 2.75) is 13.1 Å². The van der Waals surface area contributed by atoms with Crippen LogP contribution >= 0.6 is 46.4 Å². The minimum absolute atomic E-state index is 0.332. The molecule has 3 rings (SSSR count). The second-order valence-electron chi connectivity index (χ2n) is 6.69. The minimum atomic E-state index is -0.367. The highest BCUT2D eigenvalue weighted by Crippen LogP contribution is 2.25. The first-order chi connectivity index (χ1) is 15.3. The maximum absolute atomic E-state index is 12.0. The van der Waals surface area contributed by atoms with Crippen LogP contribution in [-0.4, -0.2) is 12.1 Å². The van der Waals surface area contributed by atoms with E-state index in [1.807, 2.05) is 24.3 Å². The summed E-state index contributed by atoms with van der Waals surface area (Å²) in [5.41, 5.74) is 2.88. The Labute approximate surface area is 205 Å². The van der Waals surface area contributed by atoms with Crippen LogP contribution in [0.2, 0.25) is 20.1 Å². The second-order valence-corrected chi connectivity index (χ2v) is 8.32. The molecule has 10 heteroatoms. The van der Waals surface area contributed by atoms with E-state index < -0.39 is 0 Å². The molecule has 166 valence electrons. The van der Waals surface area contributed by atoms with Gasteiger partial charge in [-0.05, 0) is 47.5 Å². The first kappa shape index (κ1) is 24.0. The molecule has 32 heavy (non-hydrogen) atoms. The zero-order valence-corrected chi connectivity index (χ0v) is 19.5. The predicted octanol–water partition coefficient (Wildman–Crippen LogP) is 6.94. The molecule has 0 aliphatic heterocycles. The van der Waals surface area contributed by atoms with E-state index in [2.05, 4.69) is 21.3 Å². The normalized spacial score (nSPS) is 10.4. The van der Waals surface area contributed by atoms with Crippen LogP contribution in [0.1, 0.15) is 11.1 Å². The Morgan fingerprint density at radius 2 is 0.938 bits per heavy atom. The van der Waals surface area contributed by atoms with Crippen molar-refractivity contribution in [1.82, 2.24) is 10.6 Å². The number of hydrogen-bond donors (Lipinski definition) is 4. The molecule has 0 spiro atoms. The molecule has 0 aliphatic carbocycles. The van der Waals surface area contributed by atoms with Crippen molar-refractivity contribution in [2.75, 3.05) is 10.6 Å². The first-order valence-corrected chi connectivity index (χ1v) is 10.9. The summed E-state index contributed by atoms with van der Waals surface area (Å²) < 4.78 is 0. The fourth-order valence-electron chi connectivity index (χ4n) is 2.64. The number of hydrogen-bond acceptors (Lipinski definition) is 2. The van der Waals surface area contributed by atoms with E-state index >= 15 is 0 Å². The number of benzene rings is 3. The fourth-order valence-corrected chi connectivity index (χ4v) is 3.23. The summed E-state index contributed by atoms with van der Waals surface area (Å²) in [7, 11) is 0. The van der Waals surface area contributed by atoms with E-state index in [9.17, 15) is 9.59 Å². The summed E-state index contributed by atoms with van der Waals surface area (Å²) in [6.07, 6.45) is 0. The van der Waals surface area contributed by atoms with Gasteiger partial charge >= 0.3 is 12.1 Å². The van der Waals surface area contributed by atoms with Crippen molar-refractivity contribution in [3.05, 3.63) is 91.9 Å². The van der Waals surface area contributed by atoms with Gasteiger partial charge in [0.15, 0.2) is 0 Å². The van der Waals surface area contributed by atoms with Gasteiger partial charge in [0.25, 0.3) is 0 Å². The van der Waals surface area contributed by atoms with Crippen LogP contribution in [0.3, 0.4) is 0 Å². The van der Waals surface area contributed by atoms with E-state index in [4.69, 9.17) is 46.4 Å². The maximum atomic E-state index is 12.0. The van der Waals surface area contributed by atoms with Crippen LogP contribution in [0.4, 0.5) is 21.0 Å². The lowest BCUT2D eigenvalue weighted by atomic mass is 10.1. The van der Waals surface area contributed by atoms with Crippen LogP contribution in [0.25, 0.3) is 0 Å². The summed E-state index contributed by atoms with van der Waals surface area (Å²) in [4.78, 5) is 24.1. The maximum Gasteiger partial charge on any atom is 0.319 e. The highest BCUT2D eigenvalue weighted by atomic mass is 35.5. The molecule has 0 unspecified atom stereocenters. The van der Waals surface area contributed by atoms with Gasteiger partial charge in [0.1, 0.15) is 0 Å². The quantitative estimate of drug-likeness (QED) is 0.289. The third kappa shape index (κ3) is 7.21. The molecule has 0 bridgehead atoms. The molecule has 0 fully saturated rings. The highest BCUT2D eigenvalue weighted by molar-refractivity contribution is 6.42. The Morgan fingerprint density at radius 3 is 1.28 bits per heavy atom. The number of urea groups is 2. The van der Waals surface area contributed by atoms with Gasteiger partial charge in [0.2, 0.25) is 0 Å². The van der Waals surface area contributed by atoms with Gasteiger partial charge in [-0.15, -0.1) is 0 Å². The first-order valence-electron chi connectivity index (χ1n) is 9.38. The Bertz CT molecular complexity index is 1030. The van der Waals surface area contributed by atoms with Crippen LogP contribution in [-0.2, 0) is 13.1 Å². The van der Waals surface area contributed by atoms with Crippen LogP contribution in [0.5, 0.6) is 0 Å². The minimum Gasteiger partial charge on any atom is -0.334 e. The van der Waals surface area contributed by atoms with Gasteiger partial charge in [-0.25, -0.2) is 9.59 Å².